The van der Waals surface area contributed by atoms with Crippen LogP contribution in [0.3, 0.4) is 0 Å². The van der Waals surface area contributed by atoms with Gasteiger partial charge in [-0.15, -0.1) is 0 Å². The predicted octanol–water partition coefficient (Wildman–Crippen LogP) is 3.11. The number of nitro benzene ring substituents is 1. The lowest BCUT2D eigenvalue weighted by atomic mass is 10.1. The molecule has 0 unspecified atom stereocenters. The molecule has 2 rings (SSSR count). The molecule has 0 atom stereocenters. The third-order valence-corrected chi connectivity index (χ3v) is 3.12. The second-order valence-electron chi connectivity index (χ2n) is 4.97. The molecule has 0 spiro atoms. The normalized spacial score (nSPS) is 10.0. The number of carbonyl (C=O) groups is 2. The van der Waals surface area contributed by atoms with Crippen LogP contribution in [0.15, 0.2) is 42.5 Å². The molecule has 0 fully saturated rings. The average Bonchev–Trinajstić information content (AvgIpc) is 2.48. The Bertz CT molecular complexity index is 769. The van der Waals surface area contributed by atoms with Crippen molar-refractivity contribution in [2.24, 2.45) is 0 Å². The van der Waals surface area contributed by atoms with Crippen LogP contribution >= 0.6 is 0 Å². The first-order chi connectivity index (χ1) is 10.9. The van der Waals surface area contributed by atoms with Gasteiger partial charge < -0.3 is 10.6 Å². The fourth-order valence-corrected chi connectivity index (χ4v) is 2.04. The number of anilines is 2. The van der Waals surface area contributed by atoms with Gasteiger partial charge in [0.05, 0.1) is 4.92 Å². The summed E-state index contributed by atoms with van der Waals surface area (Å²) < 4.78 is 0. The van der Waals surface area contributed by atoms with Gasteiger partial charge in [-0.05, 0) is 43.3 Å². The van der Waals surface area contributed by atoms with Crippen LogP contribution < -0.4 is 10.6 Å². The topological polar surface area (TPSA) is 101 Å². The lowest BCUT2D eigenvalue weighted by Crippen LogP contribution is -2.12. The highest BCUT2D eigenvalue weighted by molar-refractivity contribution is 6.04. The van der Waals surface area contributed by atoms with Gasteiger partial charge in [-0.1, -0.05) is 0 Å². The van der Waals surface area contributed by atoms with Crippen LogP contribution in [-0.2, 0) is 4.79 Å². The smallest absolute Gasteiger partial charge is 0.272 e. The van der Waals surface area contributed by atoms with E-state index in [2.05, 4.69) is 10.6 Å². The lowest BCUT2D eigenvalue weighted by Gasteiger charge is -2.07. The van der Waals surface area contributed by atoms with E-state index in [9.17, 15) is 19.7 Å². The van der Waals surface area contributed by atoms with Crippen molar-refractivity contribution >= 4 is 28.9 Å². The maximum absolute atomic E-state index is 12.2. The maximum Gasteiger partial charge on any atom is 0.272 e. The zero-order valence-electron chi connectivity index (χ0n) is 12.6. The monoisotopic (exact) mass is 313 g/mol. The van der Waals surface area contributed by atoms with E-state index in [-0.39, 0.29) is 17.5 Å². The van der Waals surface area contributed by atoms with Crippen molar-refractivity contribution in [3.8, 4) is 0 Å². The summed E-state index contributed by atoms with van der Waals surface area (Å²) in [6.45, 7) is 2.99. The molecule has 0 aliphatic rings. The number of aryl methyl sites for hydroxylation is 1. The number of carbonyl (C=O) groups excluding carboxylic acids is 2. The van der Waals surface area contributed by atoms with Crippen molar-refractivity contribution in [3.63, 3.8) is 0 Å². The predicted molar refractivity (Wildman–Crippen MR) is 86.5 cm³/mol. The minimum Gasteiger partial charge on any atom is -0.326 e. The number of rotatable bonds is 4. The minimum absolute atomic E-state index is 0.0267. The van der Waals surface area contributed by atoms with Gasteiger partial charge in [-0.3, -0.25) is 19.7 Å². The van der Waals surface area contributed by atoms with E-state index < -0.39 is 4.92 Å². The third-order valence-electron chi connectivity index (χ3n) is 3.12. The van der Waals surface area contributed by atoms with Crippen molar-refractivity contribution in [1.29, 1.82) is 0 Å². The van der Waals surface area contributed by atoms with E-state index in [1.165, 1.54) is 25.1 Å². The van der Waals surface area contributed by atoms with E-state index >= 15 is 0 Å². The molecular weight excluding hydrogens is 298 g/mol. The molecule has 7 heteroatoms. The Morgan fingerprint density at radius 1 is 1.00 bits per heavy atom. The molecule has 0 saturated carbocycles. The minimum atomic E-state index is -0.488. The first-order valence-corrected chi connectivity index (χ1v) is 6.81. The van der Waals surface area contributed by atoms with Crippen LogP contribution in [0.1, 0.15) is 22.8 Å². The molecule has 23 heavy (non-hydrogen) atoms. The van der Waals surface area contributed by atoms with Crippen LogP contribution in [0, 0.1) is 17.0 Å². The Hall–Kier alpha value is -3.22. The molecule has 2 N–H and O–H groups in total. The van der Waals surface area contributed by atoms with Gasteiger partial charge >= 0.3 is 0 Å². The Kier molecular flexibility index (Phi) is 4.70. The number of benzene rings is 2. The second kappa shape index (κ2) is 6.69. The summed E-state index contributed by atoms with van der Waals surface area (Å²) in [6.07, 6.45) is 0. The molecule has 2 amide bonds. The number of amides is 2. The number of hydrogen-bond donors (Lipinski definition) is 2. The highest BCUT2D eigenvalue weighted by atomic mass is 16.6. The molecule has 2 aromatic rings. The van der Waals surface area contributed by atoms with Crippen molar-refractivity contribution < 1.29 is 14.5 Å². The Labute approximate surface area is 132 Å². The molecule has 0 aromatic heterocycles. The first kappa shape index (κ1) is 16.2. The van der Waals surface area contributed by atoms with E-state index in [0.717, 1.165) is 0 Å². The van der Waals surface area contributed by atoms with Crippen molar-refractivity contribution in [3.05, 3.63) is 63.7 Å². The fraction of sp³-hybridized carbons (Fsp3) is 0.125. The summed E-state index contributed by atoms with van der Waals surface area (Å²) in [5.41, 5.74) is 1.91. The number of nitrogens with one attached hydrogen (secondary N) is 2. The summed E-state index contributed by atoms with van der Waals surface area (Å²) in [7, 11) is 0. The number of hydrogen-bond acceptors (Lipinski definition) is 4. The molecule has 0 radical (unpaired) electrons. The zero-order valence-corrected chi connectivity index (χ0v) is 12.6. The Morgan fingerprint density at radius 3 is 2.04 bits per heavy atom. The summed E-state index contributed by atoms with van der Waals surface area (Å²) >= 11 is 0. The molecular formula is C16H15N3O4. The maximum atomic E-state index is 12.2. The molecule has 0 aliphatic carbocycles. The van der Waals surface area contributed by atoms with Gasteiger partial charge in [0.2, 0.25) is 5.91 Å². The van der Waals surface area contributed by atoms with Gasteiger partial charge in [-0.2, -0.15) is 0 Å². The molecule has 0 aliphatic heterocycles. The summed E-state index contributed by atoms with van der Waals surface area (Å²) in [6, 6.07) is 10.8. The van der Waals surface area contributed by atoms with Crippen LogP contribution in [0.5, 0.6) is 0 Å². The molecule has 0 heterocycles. The van der Waals surface area contributed by atoms with Crippen LogP contribution in [0.2, 0.25) is 0 Å². The van der Waals surface area contributed by atoms with Crippen molar-refractivity contribution in [1.82, 2.24) is 0 Å². The summed E-state index contributed by atoms with van der Waals surface area (Å²) in [4.78, 5) is 33.4. The van der Waals surface area contributed by atoms with Crippen molar-refractivity contribution in [2.45, 2.75) is 13.8 Å². The molecule has 0 saturated heterocycles. The molecule has 2 aromatic carbocycles. The number of nitrogens with zero attached hydrogens (tertiary/aromatic N) is 1. The molecule has 118 valence electrons. The van der Waals surface area contributed by atoms with Gasteiger partial charge in [0.15, 0.2) is 0 Å². The standard InChI is InChI=1S/C16H15N3O4/c1-10-9-12(3-8-15(10)19(22)23)16(21)18-14-6-4-13(5-7-14)17-11(2)20/h3-9H,1-2H3,(H,17,20)(H,18,21). The first-order valence-electron chi connectivity index (χ1n) is 6.81. The van der Waals surface area contributed by atoms with E-state index in [0.29, 0.717) is 22.5 Å². The lowest BCUT2D eigenvalue weighted by molar-refractivity contribution is -0.385. The molecule has 7 nitrogen and oxygen atoms in total. The van der Waals surface area contributed by atoms with Crippen LogP contribution in [0.4, 0.5) is 17.1 Å². The zero-order chi connectivity index (χ0) is 17.0. The summed E-state index contributed by atoms with van der Waals surface area (Å²) in [5, 5.41) is 16.1. The SMILES string of the molecule is CC(=O)Nc1ccc(NC(=O)c2ccc([N+](=O)[O-])c(C)c2)cc1. The average molecular weight is 313 g/mol. The molecule has 0 bridgehead atoms. The van der Waals surface area contributed by atoms with Gasteiger partial charge in [0.25, 0.3) is 11.6 Å². The van der Waals surface area contributed by atoms with Gasteiger partial charge in [-0.25, -0.2) is 0 Å². The van der Waals surface area contributed by atoms with Gasteiger partial charge in [0, 0.05) is 35.5 Å². The van der Waals surface area contributed by atoms with Gasteiger partial charge in [0.1, 0.15) is 0 Å². The third kappa shape index (κ3) is 4.13. The fourth-order valence-electron chi connectivity index (χ4n) is 2.04. The van der Waals surface area contributed by atoms with E-state index in [4.69, 9.17) is 0 Å². The quantitative estimate of drug-likeness (QED) is 0.668. The van der Waals surface area contributed by atoms with E-state index in [1.54, 1.807) is 31.2 Å². The van der Waals surface area contributed by atoms with Crippen LogP contribution in [0.25, 0.3) is 0 Å². The number of nitro groups is 1. The van der Waals surface area contributed by atoms with Crippen molar-refractivity contribution in [2.75, 3.05) is 10.6 Å². The highest BCUT2D eigenvalue weighted by Gasteiger charge is 2.13. The van der Waals surface area contributed by atoms with Crippen LogP contribution in [-0.4, -0.2) is 16.7 Å². The highest BCUT2D eigenvalue weighted by Crippen LogP contribution is 2.20. The Morgan fingerprint density at radius 2 is 1.57 bits per heavy atom. The largest absolute Gasteiger partial charge is 0.326 e. The second-order valence-corrected chi connectivity index (χ2v) is 4.97. The Balaban J connectivity index is 2.11. The summed E-state index contributed by atoms with van der Waals surface area (Å²) in [5.74, 6) is -0.543. The van der Waals surface area contributed by atoms with E-state index in [1.807, 2.05) is 0 Å².